The van der Waals surface area contributed by atoms with Crippen LogP contribution in [0.15, 0.2) is 47.4 Å². The van der Waals surface area contributed by atoms with Gasteiger partial charge in [0.15, 0.2) is 0 Å². The van der Waals surface area contributed by atoms with Crippen molar-refractivity contribution in [2.45, 2.75) is 31.6 Å². The number of nitrogens with one attached hydrogen (secondary N) is 2. The number of carbonyl (C=O) groups excluding carboxylic acids is 1. The number of fused-ring (bicyclic) bond motifs is 3. The molecule has 1 aliphatic rings. The number of hydrogen-bond acceptors (Lipinski definition) is 3. The van der Waals surface area contributed by atoms with Gasteiger partial charge in [-0.25, -0.2) is 8.42 Å². The van der Waals surface area contributed by atoms with E-state index in [0.717, 1.165) is 11.2 Å². The number of amides is 1. The zero-order chi connectivity index (χ0) is 19.9. The van der Waals surface area contributed by atoms with Gasteiger partial charge in [-0.1, -0.05) is 11.6 Å². The molecular weight excluding hydrogens is 374 g/mol. The normalized spacial score (nSPS) is 15.2. The molecule has 2 N–H and O–H groups in total. The van der Waals surface area contributed by atoms with Crippen LogP contribution in [0.25, 0.3) is 10.9 Å². The van der Waals surface area contributed by atoms with Crippen molar-refractivity contribution < 1.29 is 13.2 Å². The van der Waals surface area contributed by atoms with E-state index >= 15 is 0 Å². The predicted molar refractivity (Wildman–Crippen MR) is 110 cm³/mol. The molecule has 0 aliphatic carbocycles. The molecule has 4 rings (SSSR count). The van der Waals surface area contributed by atoms with Crippen molar-refractivity contribution in [2.75, 3.05) is 18.4 Å². The molecule has 0 fully saturated rings. The van der Waals surface area contributed by atoms with Crippen LogP contribution in [0, 0.1) is 6.92 Å². The predicted octanol–water partition coefficient (Wildman–Crippen LogP) is 3.22. The minimum absolute atomic E-state index is 0.188. The highest BCUT2D eigenvalue weighted by atomic mass is 32.2. The number of sulfonamides is 1. The van der Waals surface area contributed by atoms with Crippen molar-refractivity contribution in [2.24, 2.45) is 0 Å². The molecule has 0 radical (unpaired) electrons. The minimum Gasteiger partial charge on any atom is -0.358 e. The summed E-state index contributed by atoms with van der Waals surface area (Å²) in [6, 6.07) is 12.7. The topological polar surface area (TPSA) is 82.3 Å². The molecule has 7 heteroatoms. The van der Waals surface area contributed by atoms with Crippen molar-refractivity contribution in [1.82, 2.24) is 9.29 Å². The maximum absolute atomic E-state index is 13.1. The second-order valence-corrected chi connectivity index (χ2v) is 9.18. The first-order valence-electron chi connectivity index (χ1n) is 9.32. The quantitative estimate of drug-likeness (QED) is 0.712. The molecule has 0 saturated heterocycles. The highest BCUT2D eigenvalue weighted by Gasteiger charge is 2.28. The van der Waals surface area contributed by atoms with Gasteiger partial charge in [0.05, 0.1) is 4.90 Å². The average molecular weight is 398 g/mol. The first-order chi connectivity index (χ1) is 13.3. The molecule has 3 aromatic rings. The molecule has 6 nitrogen and oxygen atoms in total. The number of H-pyrrole nitrogens is 1. The number of aryl methyl sites for hydroxylation is 1. The molecule has 0 atom stereocenters. The van der Waals surface area contributed by atoms with E-state index in [1.807, 2.05) is 0 Å². The fourth-order valence-corrected chi connectivity index (χ4v) is 5.25. The summed E-state index contributed by atoms with van der Waals surface area (Å²) in [5, 5.41) is 3.84. The van der Waals surface area contributed by atoms with Crippen molar-refractivity contribution in [3.63, 3.8) is 0 Å². The molecule has 146 valence electrons. The van der Waals surface area contributed by atoms with Gasteiger partial charge in [-0.3, -0.25) is 4.79 Å². The number of anilines is 1. The van der Waals surface area contributed by atoms with Crippen LogP contribution >= 0.6 is 0 Å². The Kier molecular flexibility index (Phi) is 4.72. The summed E-state index contributed by atoms with van der Waals surface area (Å²) in [7, 11) is -3.58. The molecule has 1 aliphatic heterocycles. The van der Waals surface area contributed by atoms with Gasteiger partial charge in [-0.2, -0.15) is 4.31 Å². The van der Waals surface area contributed by atoms with Gasteiger partial charge in [-0.05, 0) is 55.3 Å². The Labute approximate surface area is 164 Å². The lowest BCUT2D eigenvalue weighted by atomic mass is 10.1. The van der Waals surface area contributed by atoms with E-state index in [9.17, 15) is 13.2 Å². The van der Waals surface area contributed by atoms with Crippen molar-refractivity contribution in [3.8, 4) is 0 Å². The molecule has 1 amide bonds. The number of nitrogens with zero attached hydrogens (tertiary/aromatic N) is 1. The molecule has 0 bridgehead atoms. The van der Waals surface area contributed by atoms with Crippen LogP contribution in [0.2, 0.25) is 0 Å². The second-order valence-electron chi connectivity index (χ2n) is 7.24. The van der Waals surface area contributed by atoms with Gasteiger partial charge in [0.2, 0.25) is 15.9 Å². The maximum atomic E-state index is 13.1. The summed E-state index contributed by atoms with van der Waals surface area (Å²) in [6.07, 6.45) is 1.34. The Hall–Kier alpha value is -2.64. The molecule has 0 unspecified atom stereocenters. The lowest BCUT2D eigenvalue weighted by Crippen LogP contribution is -2.33. The Balaban J connectivity index is 1.58. The summed E-state index contributed by atoms with van der Waals surface area (Å²) in [5.41, 5.74) is 5.23. The fraction of sp³-hybridized carbons (Fsp3) is 0.286. The Morgan fingerprint density at radius 1 is 1.07 bits per heavy atom. The second kappa shape index (κ2) is 7.07. The first kappa shape index (κ1) is 18.7. The van der Waals surface area contributed by atoms with Gasteiger partial charge < -0.3 is 10.3 Å². The van der Waals surface area contributed by atoms with Gasteiger partial charge in [0.1, 0.15) is 0 Å². The minimum atomic E-state index is -3.58. The third-order valence-corrected chi connectivity index (χ3v) is 7.10. The SMILES string of the molecule is CC(=O)Nc1ccc(S(=O)(=O)N2CCc3[nH]c4ccc(C)cc4c3CC2)cc1. The molecule has 2 heterocycles. The number of hydrogen-bond donors (Lipinski definition) is 2. The average Bonchev–Trinajstić information content (AvgIpc) is 2.84. The molecule has 0 saturated carbocycles. The number of benzene rings is 2. The maximum Gasteiger partial charge on any atom is 0.243 e. The van der Waals surface area contributed by atoms with E-state index in [1.54, 1.807) is 28.6 Å². The first-order valence-corrected chi connectivity index (χ1v) is 10.8. The molecule has 28 heavy (non-hydrogen) atoms. The van der Waals surface area contributed by atoms with Crippen LogP contribution in [-0.4, -0.2) is 36.7 Å². The lowest BCUT2D eigenvalue weighted by Gasteiger charge is -2.20. The Morgan fingerprint density at radius 2 is 1.79 bits per heavy atom. The molecule has 1 aromatic heterocycles. The van der Waals surface area contributed by atoms with Crippen LogP contribution in [0.1, 0.15) is 23.7 Å². The lowest BCUT2D eigenvalue weighted by molar-refractivity contribution is -0.114. The van der Waals surface area contributed by atoms with Gasteiger partial charge in [-0.15, -0.1) is 0 Å². The summed E-state index contributed by atoms with van der Waals surface area (Å²) >= 11 is 0. The molecular formula is C21H23N3O3S. The monoisotopic (exact) mass is 397 g/mol. The number of aromatic nitrogens is 1. The van der Waals surface area contributed by atoms with E-state index in [4.69, 9.17) is 0 Å². The van der Waals surface area contributed by atoms with Crippen molar-refractivity contribution in [3.05, 3.63) is 59.3 Å². The third kappa shape index (κ3) is 3.43. The van der Waals surface area contributed by atoms with Crippen LogP contribution < -0.4 is 5.32 Å². The van der Waals surface area contributed by atoms with E-state index < -0.39 is 10.0 Å². The van der Waals surface area contributed by atoms with Crippen molar-refractivity contribution >= 4 is 32.5 Å². The largest absolute Gasteiger partial charge is 0.358 e. The van der Waals surface area contributed by atoms with Gasteiger partial charge in [0, 0.05) is 48.7 Å². The standard InChI is InChI=1S/C21H23N3O3S/c1-14-3-8-20-19(13-14)18-9-11-24(12-10-21(18)23-20)28(26,27)17-6-4-16(5-7-17)22-15(2)25/h3-8,13,23H,9-12H2,1-2H3,(H,22,25). The molecule has 0 spiro atoms. The number of carbonyl (C=O) groups is 1. The Bertz CT molecular complexity index is 1150. The van der Waals surface area contributed by atoms with E-state index in [-0.39, 0.29) is 10.8 Å². The highest BCUT2D eigenvalue weighted by molar-refractivity contribution is 7.89. The van der Waals surface area contributed by atoms with Crippen LogP contribution in [0.4, 0.5) is 5.69 Å². The summed E-state index contributed by atoms with van der Waals surface area (Å²) < 4.78 is 27.7. The Morgan fingerprint density at radius 3 is 2.50 bits per heavy atom. The van der Waals surface area contributed by atoms with E-state index in [1.165, 1.54) is 23.4 Å². The number of aromatic amines is 1. The van der Waals surface area contributed by atoms with E-state index in [0.29, 0.717) is 31.6 Å². The summed E-state index contributed by atoms with van der Waals surface area (Å²) in [5.74, 6) is -0.188. The van der Waals surface area contributed by atoms with E-state index in [2.05, 4.69) is 35.4 Å². The van der Waals surface area contributed by atoms with Gasteiger partial charge >= 0.3 is 0 Å². The molecule has 2 aromatic carbocycles. The number of rotatable bonds is 3. The zero-order valence-corrected chi connectivity index (χ0v) is 16.8. The fourth-order valence-electron chi connectivity index (χ4n) is 3.80. The summed E-state index contributed by atoms with van der Waals surface area (Å²) in [4.78, 5) is 14.8. The zero-order valence-electron chi connectivity index (χ0n) is 16.0. The van der Waals surface area contributed by atoms with Gasteiger partial charge in [0.25, 0.3) is 0 Å². The smallest absolute Gasteiger partial charge is 0.243 e. The highest BCUT2D eigenvalue weighted by Crippen LogP contribution is 2.28. The van der Waals surface area contributed by atoms with Crippen LogP contribution in [-0.2, 0) is 27.7 Å². The van der Waals surface area contributed by atoms with Crippen LogP contribution in [0.3, 0.4) is 0 Å². The summed E-state index contributed by atoms with van der Waals surface area (Å²) in [6.45, 7) is 4.37. The third-order valence-electron chi connectivity index (χ3n) is 5.18. The van der Waals surface area contributed by atoms with Crippen LogP contribution in [0.5, 0.6) is 0 Å². The van der Waals surface area contributed by atoms with Crippen molar-refractivity contribution in [1.29, 1.82) is 0 Å².